The molecule has 0 unspecified atom stereocenters. The van der Waals surface area contributed by atoms with Crippen LogP contribution in [0.25, 0.3) is 0 Å². The summed E-state index contributed by atoms with van der Waals surface area (Å²) in [4.78, 5) is 0. The van der Waals surface area contributed by atoms with E-state index >= 15 is 0 Å². The Balaban J connectivity index is 3.98. The molecule has 1 aromatic rings. The first-order valence-electron chi connectivity index (χ1n) is 3.81. The molecule has 6 heteroatoms. The number of hydrogen-bond donors (Lipinski definition) is 1. The van der Waals surface area contributed by atoms with Gasteiger partial charge in [0.25, 0.3) is 0 Å². The number of phenolic OH excluding ortho intramolecular Hbond substituents is 1. The van der Waals surface area contributed by atoms with Crippen molar-refractivity contribution in [1.29, 1.82) is 21.0 Å². The Bertz CT molecular complexity index is 527. The fraction of sp³-hybridized carbons (Fsp3) is 0. The Morgan fingerprint density at radius 1 is 0.750 bits per heavy atom. The van der Waals surface area contributed by atoms with Gasteiger partial charge in [0.15, 0.2) is 5.75 Å². The van der Waals surface area contributed by atoms with Crippen LogP contribution in [0.4, 0.5) is 0 Å². The molecule has 0 aliphatic rings. The molecule has 0 amide bonds. The molecule has 1 N–H and O–H groups in total. The fourth-order valence-corrected chi connectivity index (χ4v) is 1.41. The Morgan fingerprint density at radius 2 is 1.06 bits per heavy atom. The molecule has 0 heterocycles. The van der Waals surface area contributed by atoms with Crippen molar-refractivity contribution < 1.29 is 5.11 Å². The molecule has 0 aliphatic heterocycles. The van der Waals surface area contributed by atoms with Crippen LogP contribution in [-0.4, -0.2) is 5.11 Å². The Kier molecular flexibility index (Phi) is 2.98. The van der Waals surface area contributed by atoms with Crippen LogP contribution in [0.5, 0.6) is 5.75 Å². The van der Waals surface area contributed by atoms with Gasteiger partial charge in [-0.15, -0.1) is 0 Å². The van der Waals surface area contributed by atoms with E-state index in [9.17, 15) is 5.11 Å². The molecule has 0 atom stereocenters. The van der Waals surface area contributed by atoms with Crippen LogP contribution in [0.15, 0.2) is 0 Å². The summed E-state index contributed by atoms with van der Waals surface area (Å²) in [7, 11) is 0. The third-order valence-electron chi connectivity index (χ3n) is 1.86. The fourth-order valence-electron chi connectivity index (χ4n) is 1.13. The number of phenols is 1. The summed E-state index contributed by atoms with van der Waals surface area (Å²) in [5.41, 5.74) is -1.42. The molecule has 0 fully saturated rings. The smallest absolute Gasteiger partial charge is 0.153 e. The zero-order valence-electron chi connectivity index (χ0n) is 7.61. The molecule has 0 saturated heterocycles. The SMILES string of the molecule is N#Cc1c(O)c(C#N)c(C#N)c(Cl)c1C#N. The number of aromatic hydroxyl groups is 1. The second-order valence-electron chi connectivity index (χ2n) is 2.61. The van der Waals surface area contributed by atoms with E-state index in [0.29, 0.717) is 0 Å². The molecule has 0 saturated carbocycles. The molecule has 16 heavy (non-hydrogen) atoms. The average Bonchev–Trinajstić information content (AvgIpc) is 2.30. The number of nitriles is 4. The van der Waals surface area contributed by atoms with Gasteiger partial charge in [-0.2, -0.15) is 21.0 Å². The van der Waals surface area contributed by atoms with Crippen molar-refractivity contribution in [2.75, 3.05) is 0 Å². The van der Waals surface area contributed by atoms with Gasteiger partial charge in [-0.1, -0.05) is 11.6 Å². The number of rotatable bonds is 0. The van der Waals surface area contributed by atoms with Crippen molar-refractivity contribution in [3.05, 3.63) is 27.3 Å². The largest absolute Gasteiger partial charge is 0.505 e. The Hall–Kier alpha value is -2.73. The maximum atomic E-state index is 9.53. The van der Waals surface area contributed by atoms with E-state index in [1.54, 1.807) is 24.3 Å². The van der Waals surface area contributed by atoms with E-state index in [1.807, 2.05) is 0 Å². The van der Waals surface area contributed by atoms with Gasteiger partial charge >= 0.3 is 0 Å². The standard InChI is InChI=1S/C10HClN4O/c11-9-5(1-12)7(3-14)10(16)8(4-15)6(9)2-13/h16H. The zero-order chi connectivity index (χ0) is 12.3. The lowest BCUT2D eigenvalue weighted by Crippen LogP contribution is -1.95. The van der Waals surface area contributed by atoms with Crippen LogP contribution in [0.3, 0.4) is 0 Å². The predicted octanol–water partition coefficient (Wildman–Crippen LogP) is 1.53. The molecule has 0 bridgehead atoms. The lowest BCUT2D eigenvalue weighted by atomic mass is 9.99. The van der Waals surface area contributed by atoms with Crippen molar-refractivity contribution in [3.63, 3.8) is 0 Å². The highest BCUT2D eigenvalue weighted by molar-refractivity contribution is 6.33. The molecule has 5 nitrogen and oxygen atoms in total. The van der Waals surface area contributed by atoms with Crippen molar-refractivity contribution >= 4 is 11.6 Å². The van der Waals surface area contributed by atoms with E-state index in [4.69, 9.17) is 32.6 Å². The van der Waals surface area contributed by atoms with Crippen molar-refractivity contribution in [3.8, 4) is 30.0 Å². The molecule has 74 valence electrons. The van der Waals surface area contributed by atoms with Crippen molar-refractivity contribution in [2.24, 2.45) is 0 Å². The summed E-state index contributed by atoms with van der Waals surface area (Å²) in [6.45, 7) is 0. The van der Waals surface area contributed by atoms with Crippen molar-refractivity contribution in [2.45, 2.75) is 0 Å². The van der Waals surface area contributed by atoms with Crippen LogP contribution >= 0.6 is 11.6 Å². The predicted molar refractivity (Wildman–Crippen MR) is 52.0 cm³/mol. The lowest BCUT2D eigenvalue weighted by Gasteiger charge is -2.05. The number of halogens is 1. The van der Waals surface area contributed by atoms with E-state index < -0.39 is 16.9 Å². The molecule has 0 aliphatic carbocycles. The maximum Gasteiger partial charge on any atom is 0.153 e. The van der Waals surface area contributed by atoms with Gasteiger partial charge in [-0.05, 0) is 0 Å². The minimum absolute atomic E-state index is 0.295. The Labute approximate surface area is 95.6 Å². The first-order valence-corrected chi connectivity index (χ1v) is 4.18. The van der Waals surface area contributed by atoms with Gasteiger partial charge in [-0.3, -0.25) is 0 Å². The molecule has 0 spiro atoms. The minimum atomic E-state index is -0.692. The highest BCUT2D eigenvalue weighted by atomic mass is 35.5. The van der Waals surface area contributed by atoms with Gasteiger partial charge in [-0.25, -0.2) is 0 Å². The maximum absolute atomic E-state index is 9.53. The first-order chi connectivity index (χ1) is 7.62. The van der Waals surface area contributed by atoms with Gasteiger partial charge in [0, 0.05) is 0 Å². The molecule has 1 rings (SSSR count). The summed E-state index contributed by atoms with van der Waals surface area (Å²) in [5.74, 6) is -0.692. The summed E-state index contributed by atoms with van der Waals surface area (Å²) in [5, 5.41) is 44.2. The third-order valence-corrected chi connectivity index (χ3v) is 2.24. The van der Waals surface area contributed by atoms with E-state index in [2.05, 4.69) is 0 Å². The number of hydrogen-bond acceptors (Lipinski definition) is 5. The number of benzene rings is 1. The highest BCUT2D eigenvalue weighted by Crippen LogP contribution is 2.34. The van der Waals surface area contributed by atoms with E-state index in [-0.39, 0.29) is 16.1 Å². The van der Waals surface area contributed by atoms with Crippen LogP contribution in [0.1, 0.15) is 22.3 Å². The van der Waals surface area contributed by atoms with E-state index in [1.165, 1.54) is 0 Å². The molecule has 0 aromatic heterocycles. The van der Waals surface area contributed by atoms with Crippen LogP contribution < -0.4 is 0 Å². The van der Waals surface area contributed by atoms with Crippen LogP contribution in [0, 0.1) is 45.3 Å². The Morgan fingerprint density at radius 3 is 1.31 bits per heavy atom. The topological polar surface area (TPSA) is 115 Å². The summed E-state index contributed by atoms with van der Waals surface area (Å²) in [6.07, 6.45) is 0. The monoisotopic (exact) mass is 228 g/mol. The summed E-state index contributed by atoms with van der Waals surface area (Å²) < 4.78 is 0. The van der Waals surface area contributed by atoms with Gasteiger partial charge in [0.1, 0.15) is 35.4 Å². The highest BCUT2D eigenvalue weighted by Gasteiger charge is 2.22. The quantitative estimate of drug-likeness (QED) is 0.723. The van der Waals surface area contributed by atoms with Crippen LogP contribution in [0.2, 0.25) is 5.02 Å². The van der Waals surface area contributed by atoms with Gasteiger partial charge < -0.3 is 5.11 Å². The van der Waals surface area contributed by atoms with Crippen LogP contribution in [-0.2, 0) is 0 Å². The summed E-state index contributed by atoms with van der Waals surface area (Å²) >= 11 is 5.69. The first kappa shape index (κ1) is 11.3. The third kappa shape index (κ3) is 1.39. The molecule has 0 radical (unpaired) electrons. The second kappa shape index (κ2) is 4.20. The van der Waals surface area contributed by atoms with E-state index in [0.717, 1.165) is 0 Å². The molecular weight excluding hydrogens is 228 g/mol. The van der Waals surface area contributed by atoms with Crippen molar-refractivity contribution in [1.82, 2.24) is 0 Å². The lowest BCUT2D eigenvalue weighted by molar-refractivity contribution is 0.471. The second-order valence-corrected chi connectivity index (χ2v) is 2.99. The van der Waals surface area contributed by atoms with Gasteiger partial charge in [0.2, 0.25) is 0 Å². The minimum Gasteiger partial charge on any atom is -0.505 e. The number of nitrogens with zero attached hydrogens (tertiary/aromatic N) is 4. The average molecular weight is 229 g/mol. The zero-order valence-corrected chi connectivity index (χ0v) is 8.37. The molecule has 1 aromatic carbocycles. The summed E-state index contributed by atoms with van der Waals surface area (Å²) in [6, 6.07) is 6.34. The normalized spacial score (nSPS) is 8.31. The van der Waals surface area contributed by atoms with Gasteiger partial charge in [0.05, 0.1) is 16.1 Å². The molecular formula is C10HClN4O.